The lowest BCUT2D eigenvalue weighted by molar-refractivity contribution is -0.137. The van der Waals surface area contributed by atoms with Crippen LogP contribution in [0, 0.1) is 11.6 Å². The van der Waals surface area contributed by atoms with Gasteiger partial charge in [-0.25, -0.2) is 8.78 Å². The van der Waals surface area contributed by atoms with E-state index in [2.05, 4.69) is 0 Å². The Hall–Kier alpha value is -8.69. The van der Waals surface area contributed by atoms with Crippen molar-refractivity contribution in [2.24, 2.45) is 0 Å². The number of fused-ring (bicyclic) bond motifs is 6. The van der Waals surface area contributed by atoms with Crippen molar-refractivity contribution in [2.45, 2.75) is 6.18 Å². The minimum absolute atomic E-state index is 0.00699. The van der Waals surface area contributed by atoms with Crippen LogP contribution in [-0.2, 0) is 6.18 Å². The van der Waals surface area contributed by atoms with Crippen molar-refractivity contribution in [3.05, 3.63) is 230 Å². The molecule has 0 saturated heterocycles. The van der Waals surface area contributed by atoms with Gasteiger partial charge in [0, 0.05) is 67.8 Å². The first-order chi connectivity index (χ1) is 33.2. The summed E-state index contributed by atoms with van der Waals surface area (Å²) in [4.78, 5) is 9.49. The maximum Gasteiger partial charge on any atom is 0.420 e. The van der Waals surface area contributed by atoms with Crippen molar-refractivity contribution in [3.63, 3.8) is 0 Å². The van der Waals surface area contributed by atoms with Gasteiger partial charge >= 0.3 is 6.18 Å². The predicted octanol–water partition coefficient (Wildman–Crippen LogP) is 16.3. The molecule has 0 atom stereocenters. The third-order valence-corrected chi connectivity index (χ3v) is 12.8. The second-order valence-electron chi connectivity index (χ2n) is 16.8. The summed E-state index contributed by atoms with van der Waals surface area (Å²) in [7, 11) is 0. The lowest BCUT2D eigenvalue weighted by atomic mass is 9.96. The van der Waals surface area contributed by atoms with Crippen LogP contribution < -0.4 is 0 Å². The molecule has 4 aromatic heterocycles. The Labute approximate surface area is 386 Å². The molecule has 0 aliphatic carbocycles. The van der Waals surface area contributed by atoms with Gasteiger partial charge in [-0.1, -0.05) is 140 Å². The zero-order valence-electron chi connectivity index (χ0n) is 35.9. The maximum absolute atomic E-state index is 16.8. The molecule has 0 saturated carbocycles. The number of benzene rings is 8. The number of hydrogen-bond acceptors (Lipinski definition) is 2. The largest absolute Gasteiger partial charge is 0.420 e. The fourth-order valence-electron chi connectivity index (χ4n) is 9.71. The number of aromatic nitrogens is 4. The first-order valence-electron chi connectivity index (χ1n) is 22.0. The summed E-state index contributed by atoms with van der Waals surface area (Å²) in [5, 5.41) is 2.90. The van der Waals surface area contributed by atoms with Gasteiger partial charge in [0.2, 0.25) is 0 Å². The molecule has 0 N–H and O–H groups in total. The van der Waals surface area contributed by atoms with Crippen molar-refractivity contribution < 1.29 is 22.0 Å². The highest BCUT2D eigenvalue weighted by atomic mass is 19.4. The second-order valence-corrected chi connectivity index (χ2v) is 16.8. The molecule has 68 heavy (non-hydrogen) atoms. The molecule has 0 aliphatic rings. The van der Waals surface area contributed by atoms with Crippen LogP contribution >= 0.6 is 0 Å². The van der Waals surface area contributed by atoms with Gasteiger partial charge in [-0.2, -0.15) is 13.2 Å². The highest BCUT2D eigenvalue weighted by molar-refractivity contribution is 6.12. The van der Waals surface area contributed by atoms with Crippen molar-refractivity contribution in [1.29, 1.82) is 0 Å². The summed E-state index contributed by atoms with van der Waals surface area (Å²) in [6.45, 7) is 0. The second kappa shape index (κ2) is 16.0. The van der Waals surface area contributed by atoms with E-state index in [1.165, 1.54) is 6.07 Å². The minimum atomic E-state index is -5.01. The number of nitrogens with zero attached hydrogens (tertiary/aromatic N) is 4. The van der Waals surface area contributed by atoms with Gasteiger partial charge in [0.15, 0.2) is 0 Å². The number of hydrogen-bond donors (Lipinski definition) is 0. The number of rotatable bonds is 7. The SMILES string of the molecule is Fc1cc(F)cc(-c2ccc(-n3c4ccccc4c4ccc(-c5ccc(-c6ccccc6)nc5)cc43)c(C(F)(F)F)c2-n2c3ccccc3c3ccc(-c4ccc(-c5ccccc5)nc4)cc32)c1. The van der Waals surface area contributed by atoms with Gasteiger partial charge in [-0.15, -0.1) is 0 Å². The Balaban J connectivity index is 1.14. The third kappa shape index (κ3) is 6.90. The van der Waals surface area contributed by atoms with E-state index in [4.69, 9.17) is 9.97 Å². The van der Waals surface area contributed by atoms with Gasteiger partial charge in [0.05, 0.1) is 44.8 Å². The lowest BCUT2D eigenvalue weighted by Crippen LogP contribution is -2.17. The van der Waals surface area contributed by atoms with E-state index in [0.717, 1.165) is 67.7 Å². The van der Waals surface area contributed by atoms with Crippen LogP contribution in [-0.4, -0.2) is 19.1 Å². The maximum atomic E-state index is 16.8. The fourth-order valence-corrected chi connectivity index (χ4v) is 9.71. The molecule has 0 bridgehead atoms. The van der Waals surface area contributed by atoms with E-state index in [9.17, 15) is 0 Å². The number of alkyl halides is 3. The van der Waals surface area contributed by atoms with Crippen molar-refractivity contribution in [2.75, 3.05) is 0 Å². The van der Waals surface area contributed by atoms with Crippen molar-refractivity contribution in [1.82, 2.24) is 19.1 Å². The van der Waals surface area contributed by atoms with Crippen LogP contribution in [0.5, 0.6) is 0 Å². The smallest absolute Gasteiger partial charge is 0.309 e. The zero-order chi connectivity index (χ0) is 46.1. The molecule has 326 valence electrons. The Morgan fingerprint density at radius 3 is 1.31 bits per heavy atom. The summed E-state index contributed by atoms with van der Waals surface area (Å²) in [6.07, 6.45) is -1.48. The average Bonchev–Trinajstić information content (AvgIpc) is 3.88. The molecule has 0 amide bonds. The molecule has 12 rings (SSSR count). The topological polar surface area (TPSA) is 35.6 Å². The van der Waals surface area contributed by atoms with Gasteiger partial charge in [0.25, 0.3) is 0 Å². The molecular weight excluding hydrogens is 860 g/mol. The summed E-state index contributed by atoms with van der Waals surface area (Å²) >= 11 is 0. The van der Waals surface area contributed by atoms with Crippen LogP contribution in [0.25, 0.3) is 111 Å². The van der Waals surface area contributed by atoms with Crippen LogP contribution in [0.2, 0.25) is 0 Å². The molecule has 12 aromatic rings. The molecule has 0 spiro atoms. The fraction of sp³-hybridized carbons (Fsp3) is 0.0169. The van der Waals surface area contributed by atoms with E-state index >= 15 is 22.0 Å². The number of para-hydroxylation sites is 2. The monoisotopic (exact) mass is 894 g/mol. The molecule has 9 heteroatoms. The van der Waals surface area contributed by atoms with E-state index in [0.29, 0.717) is 38.9 Å². The van der Waals surface area contributed by atoms with Crippen LogP contribution in [0.15, 0.2) is 213 Å². The normalized spacial score (nSPS) is 11.9. The summed E-state index contributed by atoms with van der Waals surface area (Å²) < 4.78 is 84.2. The highest BCUT2D eigenvalue weighted by Crippen LogP contribution is 2.48. The Morgan fingerprint density at radius 1 is 0.353 bits per heavy atom. The Kier molecular flexibility index (Phi) is 9.62. The van der Waals surface area contributed by atoms with Crippen LogP contribution in [0.3, 0.4) is 0 Å². The van der Waals surface area contributed by atoms with Crippen LogP contribution in [0.4, 0.5) is 22.0 Å². The molecule has 0 radical (unpaired) electrons. The minimum Gasteiger partial charge on any atom is -0.309 e. The molecule has 0 unspecified atom stereocenters. The highest BCUT2D eigenvalue weighted by Gasteiger charge is 2.40. The third-order valence-electron chi connectivity index (χ3n) is 12.8. The predicted molar refractivity (Wildman–Crippen MR) is 263 cm³/mol. The van der Waals surface area contributed by atoms with Crippen molar-refractivity contribution in [3.8, 4) is 67.3 Å². The summed E-state index contributed by atoms with van der Waals surface area (Å²) in [5.41, 5.74) is 7.06. The zero-order valence-corrected chi connectivity index (χ0v) is 35.9. The van der Waals surface area contributed by atoms with E-state index in [-0.39, 0.29) is 22.5 Å². The molecule has 0 fully saturated rings. The quantitative estimate of drug-likeness (QED) is 0.149. The number of halogens is 5. The molecule has 4 nitrogen and oxygen atoms in total. The standard InChI is InChI=1S/C59H35F5N4/c60-43-29-42(30-44(61)33-43)45-25-28-54(67-52-17-9-7-15-46(52)48-23-19-38(31-55(48)67)40-21-26-50(65-34-40)36-11-3-1-4-12-36)57(59(62,63)64)58(45)68-53-18-10-8-16-47(53)49-24-20-39(32-56(49)68)41-22-27-51(66-35-41)37-13-5-2-6-14-37/h1-35H. The van der Waals surface area contributed by atoms with Gasteiger partial charge < -0.3 is 9.13 Å². The summed E-state index contributed by atoms with van der Waals surface area (Å²) in [5.74, 6) is -1.83. The van der Waals surface area contributed by atoms with E-state index < -0.39 is 23.4 Å². The first-order valence-corrected chi connectivity index (χ1v) is 22.0. The molecule has 0 aliphatic heterocycles. The number of pyridine rings is 2. The van der Waals surface area contributed by atoms with Crippen molar-refractivity contribution >= 4 is 43.6 Å². The van der Waals surface area contributed by atoms with Gasteiger partial charge in [-0.05, 0) is 71.3 Å². The van der Waals surface area contributed by atoms with E-state index in [1.54, 1.807) is 45.8 Å². The first kappa shape index (κ1) is 40.8. The Morgan fingerprint density at radius 2 is 0.809 bits per heavy atom. The van der Waals surface area contributed by atoms with Crippen LogP contribution in [0.1, 0.15) is 5.56 Å². The molecule has 8 aromatic carbocycles. The van der Waals surface area contributed by atoms with Gasteiger partial charge in [0.1, 0.15) is 17.2 Å². The molecular formula is C59H35F5N4. The molecule has 4 heterocycles. The lowest BCUT2D eigenvalue weighted by Gasteiger charge is -2.24. The van der Waals surface area contributed by atoms with E-state index in [1.807, 2.05) is 152 Å². The Bertz CT molecular complexity index is 3870. The average molecular weight is 895 g/mol. The summed E-state index contributed by atoms with van der Waals surface area (Å²) in [6, 6.07) is 59.3. The van der Waals surface area contributed by atoms with Gasteiger partial charge in [-0.3, -0.25) is 9.97 Å².